The van der Waals surface area contributed by atoms with E-state index in [2.05, 4.69) is 74.5 Å². The molecule has 0 saturated heterocycles. The van der Waals surface area contributed by atoms with Gasteiger partial charge >= 0.3 is 0 Å². The second kappa shape index (κ2) is 6.76. The van der Waals surface area contributed by atoms with Crippen LogP contribution in [0.2, 0.25) is 0 Å². The number of fused-ring (bicyclic) bond motifs is 1. The average Bonchev–Trinajstić information content (AvgIpc) is 3.11. The van der Waals surface area contributed by atoms with Crippen LogP contribution >= 0.6 is 0 Å². The quantitative estimate of drug-likeness (QED) is 0.567. The monoisotopic (exact) mass is 328 g/mol. The molecule has 3 aromatic carbocycles. The predicted molar refractivity (Wildman–Crippen MR) is 104 cm³/mol. The third kappa shape index (κ3) is 3.07. The molecule has 0 atom stereocenters. The van der Waals surface area contributed by atoms with Gasteiger partial charge in [0.15, 0.2) is 0 Å². The zero-order valence-electron chi connectivity index (χ0n) is 15.0. The fourth-order valence-corrected chi connectivity index (χ4v) is 3.87. The van der Waals surface area contributed by atoms with E-state index >= 15 is 0 Å². The van der Waals surface area contributed by atoms with Crippen molar-refractivity contribution in [3.63, 3.8) is 0 Å². The average molecular weight is 328 g/mol. The van der Waals surface area contributed by atoms with Crippen molar-refractivity contribution in [3.8, 4) is 16.9 Å². The summed E-state index contributed by atoms with van der Waals surface area (Å²) in [6, 6.07) is 21.6. The van der Waals surface area contributed by atoms with Gasteiger partial charge in [-0.25, -0.2) is 0 Å². The van der Waals surface area contributed by atoms with Gasteiger partial charge in [0, 0.05) is 0 Å². The second-order valence-corrected chi connectivity index (χ2v) is 6.95. The highest BCUT2D eigenvalue weighted by Gasteiger charge is 2.18. The Morgan fingerprint density at radius 3 is 2.52 bits per heavy atom. The van der Waals surface area contributed by atoms with Crippen molar-refractivity contribution in [3.05, 3.63) is 88.5 Å². The van der Waals surface area contributed by atoms with Gasteiger partial charge in [0.1, 0.15) is 12.4 Å². The molecule has 0 unspecified atom stereocenters. The van der Waals surface area contributed by atoms with Crippen molar-refractivity contribution in [2.24, 2.45) is 0 Å². The number of ether oxygens (including phenoxy) is 1. The second-order valence-electron chi connectivity index (χ2n) is 6.95. The number of rotatable bonds is 4. The molecule has 3 aromatic rings. The Hall–Kier alpha value is -2.54. The number of aryl methyl sites for hydroxylation is 2. The van der Waals surface area contributed by atoms with Gasteiger partial charge in [-0.1, -0.05) is 60.7 Å². The van der Waals surface area contributed by atoms with E-state index in [0.717, 1.165) is 12.2 Å². The lowest BCUT2D eigenvalue weighted by atomic mass is 9.97. The van der Waals surface area contributed by atoms with Crippen LogP contribution in [0.3, 0.4) is 0 Å². The Bertz CT molecular complexity index is 893. The van der Waals surface area contributed by atoms with Gasteiger partial charge in [0.2, 0.25) is 0 Å². The minimum absolute atomic E-state index is 0.629. The Kier molecular flexibility index (Phi) is 4.31. The molecule has 1 nitrogen and oxygen atoms in total. The first kappa shape index (κ1) is 16.0. The Morgan fingerprint density at radius 2 is 1.68 bits per heavy atom. The topological polar surface area (TPSA) is 9.23 Å². The van der Waals surface area contributed by atoms with Crippen LogP contribution in [0, 0.1) is 13.8 Å². The van der Waals surface area contributed by atoms with Gasteiger partial charge in [0.05, 0.1) is 0 Å². The Morgan fingerprint density at radius 1 is 0.840 bits per heavy atom. The summed E-state index contributed by atoms with van der Waals surface area (Å²) < 4.78 is 6.34. The molecule has 0 saturated carbocycles. The highest BCUT2D eigenvalue weighted by molar-refractivity contribution is 5.68. The summed E-state index contributed by atoms with van der Waals surface area (Å²) in [4.78, 5) is 0. The highest BCUT2D eigenvalue weighted by Crippen LogP contribution is 2.34. The van der Waals surface area contributed by atoms with Gasteiger partial charge in [-0.3, -0.25) is 0 Å². The van der Waals surface area contributed by atoms with Crippen LogP contribution in [0.4, 0.5) is 0 Å². The molecule has 0 spiro atoms. The van der Waals surface area contributed by atoms with Crippen LogP contribution in [-0.2, 0) is 19.4 Å². The molecule has 0 amide bonds. The molecule has 1 aliphatic carbocycles. The molecule has 25 heavy (non-hydrogen) atoms. The van der Waals surface area contributed by atoms with E-state index in [0.29, 0.717) is 6.61 Å². The van der Waals surface area contributed by atoms with E-state index in [1.807, 2.05) is 0 Å². The molecule has 0 fully saturated rings. The zero-order chi connectivity index (χ0) is 17.2. The van der Waals surface area contributed by atoms with Crippen LogP contribution in [0.25, 0.3) is 11.1 Å². The van der Waals surface area contributed by atoms with Crippen molar-refractivity contribution < 1.29 is 4.74 Å². The van der Waals surface area contributed by atoms with Gasteiger partial charge in [-0.2, -0.15) is 0 Å². The standard InChI is InChI=1S/C24H24O/c1-17-14-15-20-10-6-13-23(20)24(17)25-16-21-11-7-12-22(18(21)2)19-8-4-3-5-9-19/h3-5,7-9,11-12,14-15H,6,10,13,16H2,1-2H3. The van der Waals surface area contributed by atoms with Gasteiger partial charge in [-0.15, -0.1) is 0 Å². The molecular formula is C24H24O. The minimum Gasteiger partial charge on any atom is -0.488 e. The lowest BCUT2D eigenvalue weighted by Crippen LogP contribution is -2.03. The SMILES string of the molecule is Cc1ccc2c(c1OCc1cccc(-c3ccccc3)c1C)CCC2. The van der Waals surface area contributed by atoms with Crippen molar-refractivity contribution in [1.29, 1.82) is 0 Å². The summed E-state index contributed by atoms with van der Waals surface area (Å²) in [7, 11) is 0. The Labute approximate surface area is 150 Å². The fourth-order valence-electron chi connectivity index (χ4n) is 3.87. The largest absolute Gasteiger partial charge is 0.488 e. The molecule has 0 aliphatic heterocycles. The summed E-state index contributed by atoms with van der Waals surface area (Å²) in [5, 5.41) is 0. The molecule has 0 aromatic heterocycles. The maximum atomic E-state index is 6.34. The molecule has 0 N–H and O–H groups in total. The lowest BCUT2D eigenvalue weighted by molar-refractivity contribution is 0.300. The molecule has 0 bridgehead atoms. The van der Waals surface area contributed by atoms with Gasteiger partial charge in [-0.05, 0) is 72.1 Å². The molecule has 1 heteroatoms. The maximum absolute atomic E-state index is 6.34. The minimum atomic E-state index is 0.629. The van der Waals surface area contributed by atoms with Crippen LogP contribution in [-0.4, -0.2) is 0 Å². The molecular weight excluding hydrogens is 304 g/mol. The summed E-state index contributed by atoms with van der Waals surface area (Å²) in [5.41, 5.74) is 9.26. The maximum Gasteiger partial charge on any atom is 0.126 e. The molecule has 4 rings (SSSR count). The van der Waals surface area contributed by atoms with Crippen molar-refractivity contribution >= 4 is 0 Å². The van der Waals surface area contributed by atoms with E-state index in [1.54, 1.807) is 0 Å². The number of hydrogen-bond donors (Lipinski definition) is 0. The first-order valence-electron chi connectivity index (χ1n) is 9.12. The first-order chi connectivity index (χ1) is 12.2. The van der Waals surface area contributed by atoms with Crippen LogP contribution in [0.5, 0.6) is 5.75 Å². The molecule has 0 radical (unpaired) electrons. The van der Waals surface area contributed by atoms with E-state index < -0.39 is 0 Å². The van der Waals surface area contributed by atoms with Gasteiger partial charge < -0.3 is 4.74 Å². The number of benzene rings is 3. The van der Waals surface area contributed by atoms with E-state index in [-0.39, 0.29) is 0 Å². The van der Waals surface area contributed by atoms with Crippen molar-refractivity contribution in [2.75, 3.05) is 0 Å². The third-order valence-electron chi connectivity index (χ3n) is 5.33. The normalized spacial score (nSPS) is 12.9. The molecule has 1 aliphatic rings. The van der Waals surface area contributed by atoms with Crippen molar-refractivity contribution in [1.82, 2.24) is 0 Å². The van der Waals surface area contributed by atoms with E-state index in [4.69, 9.17) is 4.74 Å². The van der Waals surface area contributed by atoms with Crippen molar-refractivity contribution in [2.45, 2.75) is 39.7 Å². The molecule has 126 valence electrons. The molecule has 0 heterocycles. The summed E-state index contributed by atoms with van der Waals surface area (Å²) in [5.74, 6) is 1.11. The summed E-state index contributed by atoms with van der Waals surface area (Å²) in [6.45, 7) is 4.98. The highest BCUT2D eigenvalue weighted by atomic mass is 16.5. The zero-order valence-corrected chi connectivity index (χ0v) is 15.0. The van der Waals surface area contributed by atoms with Crippen LogP contribution < -0.4 is 4.74 Å². The Balaban J connectivity index is 1.62. The van der Waals surface area contributed by atoms with Crippen LogP contribution in [0.1, 0.15) is 34.2 Å². The number of hydrogen-bond acceptors (Lipinski definition) is 1. The van der Waals surface area contributed by atoms with Gasteiger partial charge in [0.25, 0.3) is 0 Å². The van der Waals surface area contributed by atoms with E-state index in [9.17, 15) is 0 Å². The summed E-state index contributed by atoms with van der Waals surface area (Å²) >= 11 is 0. The summed E-state index contributed by atoms with van der Waals surface area (Å²) in [6.07, 6.45) is 3.58. The van der Waals surface area contributed by atoms with E-state index in [1.165, 1.54) is 51.8 Å². The predicted octanol–water partition coefficient (Wildman–Crippen LogP) is 6.04. The lowest BCUT2D eigenvalue weighted by Gasteiger charge is -2.16. The fraction of sp³-hybridized carbons (Fsp3) is 0.250. The van der Waals surface area contributed by atoms with Crippen LogP contribution in [0.15, 0.2) is 60.7 Å². The first-order valence-corrected chi connectivity index (χ1v) is 9.12. The smallest absolute Gasteiger partial charge is 0.126 e. The third-order valence-corrected chi connectivity index (χ3v) is 5.33.